The summed E-state index contributed by atoms with van der Waals surface area (Å²) in [6.45, 7) is 2.69. The number of hydrogen-bond donors (Lipinski definition) is 1. The SMILES string of the molecule is Cc1cc(C(=O)N2CCCC(C(=O)Nc3cccc(-n4cnnn4)c3)C2)no1. The Bertz CT molecular complexity index is 983. The fourth-order valence-electron chi connectivity index (χ4n) is 3.25. The van der Waals surface area contributed by atoms with Crippen molar-refractivity contribution in [1.82, 2.24) is 30.3 Å². The molecule has 0 saturated carbocycles. The topological polar surface area (TPSA) is 119 Å². The van der Waals surface area contributed by atoms with Crippen LogP contribution in [0.4, 0.5) is 5.69 Å². The lowest BCUT2D eigenvalue weighted by Gasteiger charge is -2.31. The van der Waals surface area contributed by atoms with Gasteiger partial charge in [-0.1, -0.05) is 11.2 Å². The number of aryl methyl sites for hydroxylation is 1. The molecule has 3 aromatic rings. The highest BCUT2D eigenvalue weighted by Gasteiger charge is 2.30. The van der Waals surface area contributed by atoms with Crippen LogP contribution in [0.1, 0.15) is 29.1 Å². The average molecular weight is 381 g/mol. The van der Waals surface area contributed by atoms with Crippen molar-refractivity contribution in [3.05, 3.63) is 48.1 Å². The second-order valence-electron chi connectivity index (χ2n) is 6.71. The maximum Gasteiger partial charge on any atom is 0.276 e. The fourth-order valence-corrected chi connectivity index (χ4v) is 3.25. The van der Waals surface area contributed by atoms with E-state index >= 15 is 0 Å². The third-order valence-electron chi connectivity index (χ3n) is 4.65. The van der Waals surface area contributed by atoms with Crippen molar-refractivity contribution < 1.29 is 14.1 Å². The van der Waals surface area contributed by atoms with E-state index < -0.39 is 0 Å². The minimum Gasteiger partial charge on any atom is -0.361 e. The Morgan fingerprint density at radius 2 is 2.18 bits per heavy atom. The molecule has 28 heavy (non-hydrogen) atoms. The monoisotopic (exact) mass is 381 g/mol. The average Bonchev–Trinajstić information content (AvgIpc) is 3.40. The van der Waals surface area contributed by atoms with Gasteiger partial charge in [0, 0.05) is 24.8 Å². The van der Waals surface area contributed by atoms with E-state index in [0.29, 0.717) is 24.5 Å². The maximum absolute atomic E-state index is 12.7. The standard InChI is InChI=1S/C18H19N7O3/c1-12-8-16(21-28-12)18(27)24-7-3-4-13(10-24)17(26)20-14-5-2-6-15(9-14)25-11-19-22-23-25/h2,5-6,8-9,11,13H,3-4,7,10H2,1H3,(H,20,26). The minimum absolute atomic E-state index is 0.123. The third-order valence-corrected chi connectivity index (χ3v) is 4.65. The van der Waals surface area contributed by atoms with Crippen LogP contribution >= 0.6 is 0 Å². The van der Waals surface area contributed by atoms with Gasteiger partial charge in [-0.25, -0.2) is 4.68 Å². The summed E-state index contributed by atoms with van der Waals surface area (Å²) in [7, 11) is 0. The quantitative estimate of drug-likeness (QED) is 0.726. The largest absolute Gasteiger partial charge is 0.361 e. The van der Waals surface area contributed by atoms with E-state index in [4.69, 9.17) is 4.52 Å². The highest BCUT2D eigenvalue weighted by atomic mass is 16.5. The molecule has 2 aromatic heterocycles. The molecular weight excluding hydrogens is 362 g/mol. The van der Waals surface area contributed by atoms with E-state index in [1.165, 1.54) is 11.0 Å². The van der Waals surface area contributed by atoms with Crippen molar-refractivity contribution in [2.24, 2.45) is 5.92 Å². The smallest absolute Gasteiger partial charge is 0.276 e. The predicted molar refractivity (Wildman–Crippen MR) is 97.7 cm³/mol. The number of anilines is 1. The first-order chi connectivity index (χ1) is 13.6. The summed E-state index contributed by atoms with van der Waals surface area (Å²) in [5, 5.41) is 17.8. The van der Waals surface area contributed by atoms with Gasteiger partial charge in [-0.15, -0.1) is 5.10 Å². The Morgan fingerprint density at radius 1 is 1.29 bits per heavy atom. The highest BCUT2D eigenvalue weighted by Crippen LogP contribution is 2.21. The first kappa shape index (κ1) is 17.8. The molecule has 1 saturated heterocycles. The molecule has 4 rings (SSSR count). The normalized spacial score (nSPS) is 16.8. The van der Waals surface area contributed by atoms with Gasteiger partial charge in [0.1, 0.15) is 12.1 Å². The minimum atomic E-state index is -0.289. The van der Waals surface area contributed by atoms with Gasteiger partial charge in [0.15, 0.2) is 5.69 Å². The summed E-state index contributed by atoms with van der Waals surface area (Å²) in [6, 6.07) is 8.85. The summed E-state index contributed by atoms with van der Waals surface area (Å²) in [5.74, 6) is -0.0442. The van der Waals surface area contributed by atoms with Crippen molar-refractivity contribution >= 4 is 17.5 Å². The molecule has 2 amide bonds. The molecule has 0 spiro atoms. The number of aromatic nitrogens is 5. The summed E-state index contributed by atoms with van der Waals surface area (Å²) >= 11 is 0. The van der Waals surface area contributed by atoms with E-state index in [1.54, 1.807) is 30.0 Å². The first-order valence-corrected chi connectivity index (χ1v) is 8.97. The van der Waals surface area contributed by atoms with Crippen LogP contribution in [-0.2, 0) is 4.79 Å². The lowest BCUT2D eigenvalue weighted by molar-refractivity contribution is -0.121. The summed E-state index contributed by atoms with van der Waals surface area (Å²) in [4.78, 5) is 27.0. The maximum atomic E-state index is 12.7. The van der Waals surface area contributed by atoms with Crippen LogP contribution in [0, 0.1) is 12.8 Å². The van der Waals surface area contributed by atoms with E-state index in [0.717, 1.165) is 18.5 Å². The second-order valence-corrected chi connectivity index (χ2v) is 6.71. The molecule has 144 valence electrons. The molecule has 0 aliphatic carbocycles. The lowest BCUT2D eigenvalue weighted by Crippen LogP contribution is -2.43. The van der Waals surface area contributed by atoms with Gasteiger partial charge in [-0.05, 0) is 48.4 Å². The van der Waals surface area contributed by atoms with Gasteiger partial charge in [-0.2, -0.15) is 0 Å². The number of piperidine rings is 1. The van der Waals surface area contributed by atoms with Crippen LogP contribution in [-0.4, -0.2) is 55.2 Å². The van der Waals surface area contributed by atoms with Crippen LogP contribution < -0.4 is 5.32 Å². The van der Waals surface area contributed by atoms with Gasteiger partial charge >= 0.3 is 0 Å². The number of benzene rings is 1. The van der Waals surface area contributed by atoms with Crippen molar-refractivity contribution in [1.29, 1.82) is 0 Å². The molecule has 0 radical (unpaired) electrons. The second kappa shape index (κ2) is 7.59. The van der Waals surface area contributed by atoms with Crippen LogP contribution in [0.2, 0.25) is 0 Å². The Hall–Kier alpha value is -3.56. The van der Waals surface area contributed by atoms with Gasteiger partial charge in [0.2, 0.25) is 5.91 Å². The van der Waals surface area contributed by atoms with E-state index in [9.17, 15) is 9.59 Å². The molecule has 1 unspecified atom stereocenters. The van der Waals surface area contributed by atoms with Crippen molar-refractivity contribution in [3.8, 4) is 5.69 Å². The zero-order chi connectivity index (χ0) is 19.5. The van der Waals surface area contributed by atoms with Gasteiger partial charge in [0.25, 0.3) is 5.91 Å². The van der Waals surface area contributed by atoms with Crippen LogP contribution in [0.15, 0.2) is 41.2 Å². The van der Waals surface area contributed by atoms with Crippen LogP contribution in [0.25, 0.3) is 5.69 Å². The van der Waals surface area contributed by atoms with E-state index in [2.05, 4.69) is 26.0 Å². The first-order valence-electron chi connectivity index (χ1n) is 8.97. The number of carbonyl (C=O) groups excluding carboxylic acids is 2. The molecule has 1 aliphatic heterocycles. The molecule has 10 heteroatoms. The molecule has 1 aromatic carbocycles. The highest BCUT2D eigenvalue weighted by molar-refractivity contribution is 5.95. The van der Waals surface area contributed by atoms with Crippen LogP contribution in [0.3, 0.4) is 0 Å². The Labute approximate surface area is 160 Å². The molecule has 1 N–H and O–H groups in total. The molecule has 1 fully saturated rings. The van der Waals surface area contributed by atoms with Gasteiger partial charge in [-0.3, -0.25) is 9.59 Å². The van der Waals surface area contributed by atoms with Crippen LogP contribution in [0.5, 0.6) is 0 Å². The van der Waals surface area contributed by atoms with Gasteiger partial charge in [0.05, 0.1) is 11.6 Å². The number of amides is 2. The van der Waals surface area contributed by atoms with Crippen molar-refractivity contribution in [3.63, 3.8) is 0 Å². The number of rotatable bonds is 4. The Balaban J connectivity index is 1.42. The number of hydrogen-bond acceptors (Lipinski definition) is 7. The molecule has 3 heterocycles. The third kappa shape index (κ3) is 3.75. The number of carbonyl (C=O) groups is 2. The van der Waals surface area contributed by atoms with Crippen molar-refractivity contribution in [2.75, 3.05) is 18.4 Å². The summed E-state index contributed by atoms with van der Waals surface area (Å²) in [6.07, 6.45) is 2.96. The van der Waals surface area contributed by atoms with E-state index in [1.807, 2.05) is 12.1 Å². The zero-order valence-corrected chi connectivity index (χ0v) is 15.3. The zero-order valence-electron chi connectivity index (χ0n) is 15.3. The van der Waals surface area contributed by atoms with Crippen molar-refractivity contribution in [2.45, 2.75) is 19.8 Å². The molecular formula is C18H19N7O3. The summed E-state index contributed by atoms with van der Waals surface area (Å²) in [5.41, 5.74) is 1.66. The summed E-state index contributed by atoms with van der Waals surface area (Å²) < 4.78 is 6.49. The Kier molecular flexibility index (Phi) is 4.83. The molecule has 1 aliphatic rings. The van der Waals surface area contributed by atoms with E-state index in [-0.39, 0.29) is 23.4 Å². The molecule has 0 bridgehead atoms. The number of nitrogens with one attached hydrogen (secondary N) is 1. The fraction of sp³-hybridized carbons (Fsp3) is 0.333. The van der Waals surface area contributed by atoms with Gasteiger partial charge < -0.3 is 14.7 Å². The predicted octanol–water partition coefficient (Wildman–Crippen LogP) is 1.45. The number of tetrazole rings is 1. The number of likely N-dealkylation sites (tertiary alicyclic amines) is 1. The Morgan fingerprint density at radius 3 is 2.93 bits per heavy atom. The molecule has 10 nitrogen and oxygen atoms in total. The number of nitrogens with zero attached hydrogens (tertiary/aromatic N) is 6. The lowest BCUT2D eigenvalue weighted by atomic mass is 9.96. The molecule has 1 atom stereocenters.